The maximum Gasteiger partial charge on any atom is 0.435 e. The Morgan fingerprint density at radius 2 is 1.93 bits per heavy atom. The lowest BCUT2D eigenvalue weighted by Crippen LogP contribution is -2.18. The molecule has 0 saturated carbocycles. The summed E-state index contributed by atoms with van der Waals surface area (Å²) in [5.41, 5.74) is -0.990. The molecule has 0 aliphatic heterocycles. The van der Waals surface area contributed by atoms with Crippen molar-refractivity contribution in [3.05, 3.63) is 52.5 Å². The fourth-order valence-corrected chi connectivity index (χ4v) is 3.45. The van der Waals surface area contributed by atoms with Crippen LogP contribution >= 0.6 is 46.9 Å². The number of thiophene rings is 1. The molecule has 2 aromatic heterocycles. The molecule has 27 heavy (non-hydrogen) atoms. The summed E-state index contributed by atoms with van der Waals surface area (Å²) in [6.07, 6.45) is -3.12. The second-order valence-electron chi connectivity index (χ2n) is 5.08. The van der Waals surface area contributed by atoms with E-state index in [0.29, 0.717) is 20.3 Å². The van der Waals surface area contributed by atoms with E-state index in [4.69, 9.17) is 23.8 Å². The average molecular weight is 447 g/mol. The maximum atomic E-state index is 13.8. The monoisotopic (exact) mass is 446 g/mol. The van der Waals surface area contributed by atoms with Gasteiger partial charge in [-0.25, -0.2) is 4.68 Å². The van der Waals surface area contributed by atoms with Crippen molar-refractivity contribution in [1.29, 1.82) is 0 Å². The zero-order chi connectivity index (χ0) is 19.6. The van der Waals surface area contributed by atoms with Crippen molar-refractivity contribution in [1.82, 2.24) is 9.78 Å². The molecule has 2 heterocycles. The van der Waals surface area contributed by atoms with Gasteiger partial charge in [0.1, 0.15) is 11.4 Å². The van der Waals surface area contributed by atoms with Gasteiger partial charge in [0.05, 0.1) is 10.6 Å². The Morgan fingerprint density at radius 1 is 1.22 bits per heavy atom. The first kappa shape index (κ1) is 20.0. The average Bonchev–Trinajstić information content (AvgIpc) is 3.27. The summed E-state index contributed by atoms with van der Waals surface area (Å²) >= 11 is 13.1. The van der Waals surface area contributed by atoms with E-state index in [9.17, 15) is 13.2 Å². The molecule has 0 bridgehead atoms. The topological polar surface area (TPSA) is 42.5 Å². The standard InChI is InChI=1S/C16H10ClF3N4S3/c1-26-15(25)24-14(16(18,19)20)13(12(23-24)11-3-2-8-27-11)22-21-10-6-4-9(17)5-7-10/h2-8H,1H3. The van der Waals surface area contributed by atoms with E-state index in [1.165, 1.54) is 11.3 Å². The molecular weight excluding hydrogens is 437 g/mol. The number of halogens is 4. The first-order valence-electron chi connectivity index (χ1n) is 7.31. The van der Waals surface area contributed by atoms with Crippen LogP contribution in [0.4, 0.5) is 24.5 Å². The molecule has 3 rings (SSSR count). The summed E-state index contributed by atoms with van der Waals surface area (Å²) in [5, 5.41) is 14.1. The Bertz CT molecular complexity index is 980. The van der Waals surface area contributed by atoms with Crippen molar-refractivity contribution in [2.75, 3.05) is 6.26 Å². The van der Waals surface area contributed by atoms with Crippen LogP contribution in [0.5, 0.6) is 0 Å². The Morgan fingerprint density at radius 3 is 2.48 bits per heavy atom. The molecule has 11 heteroatoms. The normalized spacial score (nSPS) is 12.0. The Hall–Kier alpha value is -1.75. The van der Waals surface area contributed by atoms with Crippen molar-refractivity contribution in [2.45, 2.75) is 6.18 Å². The third-order valence-electron chi connectivity index (χ3n) is 3.32. The Labute approximate surface area is 171 Å². The molecular formula is C16H10ClF3N4S3. The summed E-state index contributed by atoms with van der Waals surface area (Å²) in [4.78, 5) is 0.535. The summed E-state index contributed by atoms with van der Waals surface area (Å²) in [6, 6.07) is 9.65. The Balaban J connectivity index is 2.20. The van der Waals surface area contributed by atoms with Crippen LogP contribution in [0.3, 0.4) is 0 Å². The summed E-state index contributed by atoms with van der Waals surface area (Å²) in [5.74, 6) is 0. The number of azo groups is 1. The van der Waals surface area contributed by atoms with Crippen molar-refractivity contribution >= 4 is 62.6 Å². The number of nitrogens with zero attached hydrogens (tertiary/aromatic N) is 4. The number of thioether (sulfide) groups is 1. The highest BCUT2D eigenvalue weighted by Gasteiger charge is 2.42. The van der Waals surface area contributed by atoms with Crippen LogP contribution in [0.15, 0.2) is 52.0 Å². The molecule has 0 saturated heterocycles. The lowest BCUT2D eigenvalue weighted by molar-refractivity contribution is -0.141. The minimum atomic E-state index is -4.71. The van der Waals surface area contributed by atoms with Gasteiger partial charge in [0.15, 0.2) is 10.0 Å². The van der Waals surface area contributed by atoms with Crippen molar-refractivity contribution < 1.29 is 13.2 Å². The van der Waals surface area contributed by atoms with Gasteiger partial charge in [-0.1, -0.05) is 41.6 Å². The first-order valence-corrected chi connectivity index (χ1v) is 10.2. The minimum absolute atomic E-state index is 0.0342. The molecule has 4 nitrogen and oxygen atoms in total. The van der Waals surface area contributed by atoms with E-state index < -0.39 is 11.9 Å². The van der Waals surface area contributed by atoms with Crippen molar-refractivity contribution in [2.24, 2.45) is 10.2 Å². The molecule has 0 aliphatic rings. The minimum Gasteiger partial charge on any atom is -0.208 e. The summed E-state index contributed by atoms with van der Waals surface area (Å²) < 4.78 is 42.0. The maximum absolute atomic E-state index is 13.8. The molecule has 1 aromatic carbocycles. The number of hydrogen-bond acceptors (Lipinski definition) is 6. The Kier molecular flexibility index (Phi) is 5.99. The van der Waals surface area contributed by atoms with Gasteiger partial charge in [-0.3, -0.25) is 0 Å². The van der Waals surface area contributed by atoms with Gasteiger partial charge >= 0.3 is 6.18 Å². The summed E-state index contributed by atoms with van der Waals surface area (Å²) in [7, 11) is 0. The zero-order valence-corrected chi connectivity index (χ0v) is 16.8. The lowest BCUT2D eigenvalue weighted by atomic mass is 10.2. The van der Waals surface area contributed by atoms with Gasteiger partial charge in [-0.2, -0.15) is 23.4 Å². The second kappa shape index (κ2) is 8.09. The third-order valence-corrected chi connectivity index (χ3v) is 5.65. The van der Waals surface area contributed by atoms with Gasteiger partial charge in [-0.15, -0.1) is 16.5 Å². The van der Waals surface area contributed by atoms with Gasteiger partial charge in [0.25, 0.3) is 0 Å². The highest BCUT2D eigenvalue weighted by atomic mass is 35.5. The molecule has 0 radical (unpaired) electrons. The molecule has 0 spiro atoms. The molecule has 0 fully saturated rings. The molecule has 0 unspecified atom stereocenters. The molecule has 140 valence electrons. The largest absolute Gasteiger partial charge is 0.435 e. The number of thiocarbonyl (C=S) groups is 1. The number of alkyl halides is 3. The summed E-state index contributed by atoms with van der Waals surface area (Å²) in [6.45, 7) is 0. The smallest absolute Gasteiger partial charge is 0.208 e. The molecule has 0 atom stereocenters. The van der Waals surface area contributed by atoms with Crippen LogP contribution in [-0.2, 0) is 6.18 Å². The van der Waals surface area contributed by atoms with E-state index in [-0.39, 0.29) is 15.7 Å². The lowest BCUT2D eigenvalue weighted by Gasteiger charge is -2.10. The SMILES string of the molecule is CSC(=S)n1nc(-c2cccs2)c(N=Nc2ccc(Cl)cc2)c1C(F)(F)F. The van der Waals surface area contributed by atoms with Crippen LogP contribution in [0.25, 0.3) is 10.6 Å². The highest BCUT2D eigenvalue weighted by Crippen LogP contribution is 2.44. The quantitative estimate of drug-likeness (QED) is 0.315. The van der Waals surface area contributed by atoms with E-state index >= 15 is 0 Å². The molecule has 3 aromatic rings. The van der Waals surface area contributed by atoms with Gasteiger partial charge in [0, 0.05) is 5.02 Å². The predicted octanol–water partition coefficient (Wildman–Crippen LogP) is 7.20. The van der Waals surface area contributed by atoms with E-state index in [2.05, 4.69) is 15.3 Å². The fourth-order valence-electron chi connectivity index (χ4n) is 2.17. The number of benzene rings is 1. The van der Waals surface area contributed by atoms with E-state index in [1.54, 1.807) is 48.0 Å². The van der Waals surface area contributed by atoms with Crippen LogP contribution in [0.1, 0.15) is 5.69 Å². The van der Waals surface area contributed by atoms with Gasteiger partial charge in [-0.05, 0) is 42.0 Å². The zero-order valence-electron chi connectivity index (χ0n) is 13.6. The van der Waals surface area contributed by atoms with Crippen molar-refractivity contribution in [3.8, 4) is 10.6 Å². The predicted molar refractivity (Wildman–Crippen MR) is 108 cm³/mol. The van der Waals surface area contributed by atoms with E-state index in [0.717, 1.165) is 11.8 Å². The van der Waals surface area contributed by atoms with E-state index in [1.807, 2.05) is 0 Å². The van der Waals surface area contributed by atoms with Crippen LogP contribution in [-0.4, -0.2) is 20.4 Å². The fraction of sp³-hybridized carbons (Fsp3) is 0.125. The molecule has 0 N–H and O–H groups in total. The number of rotatable bonds is 3. The second-order valence-corrected chi connectivity index (χ2v) is 7.90. The van der Waals surface area contributed by atoms with Crippen molar-refractivity contribution in [3.63, 3.8) is 0 Å². The molecule has 0 amide bonds. The third kappa shape index (κ3) is 4.40. The van der Waals surface area contributed by atoms with Crippen LogP contribution in [0, 0.1) is 0 Å². The first-order chi connectivity index (χ1) is 12.8. The van der Waals surface area contributed by atoms with Crippen LogP contribution < -0.4 is 0 Å². The number of aromatic nitrogens is 2. The van der Waals surface area contributed by atoms with Gasteiger partial charge < -0.3 is 0 Å². The van der Waals surface area contributed by atoms with Crippen LogP contribution in [0.2, 0.25) is 5.02 Å². The highest BCUT2D eigenvalue weighted by molar-refractivity contribution is 8.22. The van der Waals surface area contributed by atoms with Gasteiger partial charge in [0.2, 0.25) is 0 Å². The molecule has 0 aliphatic carbocycles. The number of hydrogen-bond donors (Lipinski definition) is 0.